The largest absolute Gasteiger partial charge is 0.391 e. The molecule has 1 amide bonds. The van der Waals surface area contributed by atoms with E-state index in [0.29, 0.717) is 4.88 Å². The highest BCUT2D eigenvalue weighted by molar-refractivity contribution is 7.80. The molecule has 0 radical (unpaired) electrons. The van der Waals surface area contributed by atoms with Crippen LogP contribution in [0.2, 0.25) is 0 Å². The third-order valence-corrected chi connectivity index (χ3v) is 4.66. The number of hydrogen-bond donors (Lipinski definition) is 2. The number of amides is 1. The maximum atomic E-state index is 12.2. The average Bonchev–Trinajstić information content (AvgIpc) is 2.75. The van der Waals surface area contributed by atoms with Gasteiger partial charge < -0.3 is 10.0 Å². The summed E-state index contributed by atoms with van der Waals surface area (Å²) < 4.78 is 0. The lowest BCUT2D eigenvalue weighted by atomic mass is 9.91. The normalized spacial score (nSPS) is 24.6. The van der Waals surface area contributed by atoms with Crippen molar-refractivity contribution < 1.29 is 9.90 Å². The minimum Gasteiger partial charge on any atom is -0.391 e. The molecule has 0 bridgehead atoms. The van der Waals surface area contributed by atoms with Gasteiger partial charge in [-0.1, -0.05) is 12.8 Å². The summed E-state index contributed by atoms with van der Waals surface area (Å²) in [5, 5.41) is 11.8. The van der Waals surface area contributed by atoms with Crippen molar-refractivity contribution in [3.05, 3.63) is 16.3 Å². The fourth-order valence-electron chi connectivity index (χ4n) is 2.31. The molecule has 2 unspecified atom stereocenters. The number of rotatable bonds is 2. The van der Waals surface area contributed by atoms with Crippen molar-refractivity contribution in [3.8, 4) is 0 Å². The van der Waals surface area contributed by atoms with Crippen molar-refractivity contribution in [2.75, 3.05) is 7.05 Å². The van der Waals surface area contributed by atoms with E-state index in [0.717, 1.165) is 30.6 Å². The van der Waals surface area contributed by atoms with Crippen molar-refractivity contribution >= 4 is 29.9 Å². The number of hydrogen-bond acceptors (Lipinski definition) is 4. The second kappa shape index (κ2) is 5.42. The van der Waals surface area contributed by atoms with Crippen molar-refractivity contribution in [2.24, 2.45) is 0 Å². The first-order chi connectivity index (χ1) is 8.09. The minimum atomic E-state index is -0.381. The zero-order valence-corrected chi connectivity index (χ0v) is 11.5. The van der Waals surface area contributed by atoms with Gasteiger partial charge in [0.1, 0.15) is 0 Å². The van der Waals surface area contributed by atoms with Crippen LogP contribution in [-0.4, -0.2) is 35.1 Å². The predicted octanol–water partition coefficient (Wildman–Crippen LogP) is 2.41. The van der Waals surface area contributed by atoms with Gasteiger partial charge in [0.2, 0.25) is 0 Å². The van der Waals surface area contributed by atoms with Gasteiger partial charge in [0.25, 0.3) is 5.91 Å². The van der Waals surface area contributed by atoms with Gasteiger partial charge in [-0.2, -0.15) is 0 Å². The standard InChI is InChI=1S/C12H17NO2S2/c1-13(9-4-2-3-5-10(9)14)12(15)11-6-8(16)7-17-11/h6-7,9-10,14,16H,2-5H2,1H3. The first-order valence-corrected chi connectivity index (χ1v) is 7.15. The summed E-state index contributed by atoms with van der Waals surface area (Å²) in [7, 11) is 1.78. The highest BCUT2D eigenvalue weighted by Gasteiger charge is 2.30. The van der Waals surface area contributed by atoms with Crippen LogP contribution in [0.4, 0.5) is 0 Å². The van der Waals surface area contributed by atoms with Crippen molar-refractivity contribution in [1.29, 1.82) is 0 Å². The zero-order valence-electron chi connectivity index (χ0n) is 9.80. The summed E-state index contributed by atoms with van der Waals surface area (Å²) >= 11 is 5.61. The Morgan fingerprint density at radius 3 is 2.82 bits per heavy atom. The van der Waals surface area contributed by atoms with Gasteiger partial charge in [-0.05, 0) is 18.9 Å². The summed E-state index contributed by atoms with van der Waals surface area (Å²) in [6.45, 7) is 0. The van der Waals surface area contributed by atoms with Crippen LogP contribution in [0.1, 0.15) is 35.4 Å². The fourth-order valence-corrected chi connectivity index (χ4v) is 3.44. The van der Waals surface area contributed by atoms with Gasteiger partial charge in [-0.15, -0.1) is 24.0 Å². The van der Waals surface area contributed by atoms with Gasteiger partial charge in [0.15, 0.2) is 0 Å². The minimum absolute atomic E-state index is 0.0127. The molecule has 1 N–H and O–H groups in total. The molecule has 1 fully saturated rings. The fraction of sp³-hybridized carbons (Fsp3) is 0.583. The lowest BCUT2D eigenvalue weighted by Crippen LogP contribution is -2.46. The molecular formula is C12H17NO2S2. The Kier molecular flexibility index (Phi) is 4.12. The smallest absolute Gasteiger partial charge is 0.264 e. The van der Waals surface area contributed by atoms with E-state index in [9.17, 15) is 9.90 Å². The molecule has 1 heterocycles. The van der Waals surface area contributed by atoms with Crippen molar-refractivity contribution in [1.82, 2.24) is 4.90 Å². The van der Waals surface area contributed by atoms with Gasteiger partial charge in [0, 0.05) is 17.3 Å². The molecule has 1 saturated carbocycles. The molecule has 5 heteroatoms. The summed E-state index contributed by atoms with van der Waals surface area (Å²) in [5.41, 5.74) is 0. The number of likely N-dealkylation sites (N-methyl/N-ethyl adjacent to an activating group) is 1. The topological polar surface area (TPSA) is 40.5 Å². The quantitative estimate of drug-likeness (QED) is 0.811. The Hall–Kier alpha value is -0.520. The zero-order chi connectivity index (χ0) is 12.4. The Morgan fingerprint density at radius 1 is 1.53 bits per heavy atom. The highest BCUT2D eigenvalue weighted by atomic mass is 32.1. The van der Waals surface area contributed by atoms with E-state index in [1.54, 1.807) is 18.0 Å². The number of thiol groups is 1. The van der Waals surface area contributed by atoms with Crippen LogP contribution in [0.15, 0.2) is 16.3 Å². The van der Waals surface area contributed by atoms with E-state index in [1.807, 2.05) is 5.38 Å². The SMILES string of the molecule is CN(C(=O)c1cc(S)cs1)C1CCCCC1O. The van der Waals surface area contributed by atoms with Crippen molar-refractivity contribution in [3.63, 3.8) is 0 Å². The summed E-state index contributed by atoms with van der Waals surface area (Å²) in [4.78, 5) is 15.4. The van der Waals surface area contributed by atoms with Crippen LogP contribution in [0, 0.1) is 0 Å². The van der Waals surface area contributed by atoms with E-state index < -0.39 is 0 Å². The first kappa shape index (κ1) is 12.9. The second-order valence-corrected chi connectivity index (χ2v) is 5.93. The molecule has 17 heavy (non-hydrogen) atoms. The van der Waals surface area contributed by atoms with E-state index in [-0.39, 0.29) is 18.1 Å². The molecule has 2 rings (SSSR count). The molecule has 0 aromatic carbocycles. The average molecular weight is 271 g/mol. The number of carbonyl (C=O) groups excluding carboxylic acids is 1. The number of aliphatic hydroxyl groups is 1. The maximum absolute atomic E-state index is 12.2. The number of nitrogens with zero attached hydrogens (tertiary/aromatic N) is 1. The predicted molar refractivity (Wildman–Crippen MR) is 71.9 cm³/mol. The lowest BCUT2D eigenvalue weighted by molar-refractivity contribution is 0.0271. The molecule has 0 aliphatic heterocycles. The summed E-state index contributed by atoms with van der Waals surface area (Å²) in [6, 6.07) is 1.74. The monoisotopic (exact) mass is 271 g/mol. The van der Waals surface area contributed by atoms with Crippen LogP contribution >= 0.6 is 24.0 Å². The number of aliphatic hydroxyl groups excluding tert-OH is 1. The van der Waals surface area contributed by atoms with E-state index in [4.69, 9.17) is 0 Å². The molecule has 94 valence electrons. The van der Waals surface area contributed by atoms with E-state index >= 15 is 0 Å². The molecule has 1 aromatic rings. The molecule has 1 aliphatic carbocycles. The second-order valence-electron chi connectivity index (χ2n) is 4.50. The molecule has 0 saturated heterocycles. The Balaban J connectivity index is 2.08. The van der Waals surface area contributed by atoms with Crippen LogP contribution in [0.3, 0.4) is 0 Å². The first-order valence-electron chi connectivity index (χ1n) is 5.82. The third kappa shape index (κ3) is 2.84. The summed E-state index contributed by atoms with van der Waals surface area (Å²) in [5.74, 6) is -0.0127. The van der Waals surface area contributed by atoms with Crippen LogP contribution in [0.25, 0.3) is 0 Å². The number of carbonyl (C=O) groups is 1. The van der Waals surface area contributed by atoms with Gasteiger partial charge in [-0.25, -0.2) is 0 Å². The molecule has 1 aromatic heterocycles. The van der Waals surface area contributed by atoms with E-state index in [2.05, 4.69) is 12.6 Å². The molecule has 0 spiro atoms. The number of thiophene rings is 1. The van der Waals surface area contributed by atoms with Gasteiger partial charge in [0.05, 0.1) is 17.0 Å². The maximum Gasteiger partial charge on any atom is 0.264 e. The van der Waals surface area contributed by atoms with Crippen LogP contribution in [-0.2, 0) is 0 Å². The molecular weight excluding hydrogens is 254 g/mol. The molecule has 3 nitrogen and oxygen atoms in total. The molecule has 1 aliphatic rings. The van der Waals surface area contributed by atoms with Crippen LogP contribution in [0.5, 0.6) is 0 Å². The highest BCUT2D eigenvalue weighted by Crippen LogP contribution is 2.25. The van der Waals surface area contributed by atoms with Crippen LogP contribution < -0.4 is 0 Å². The Bertz CT molecular complexity index is 405. The summed E-state index contributed by atoms with van der Waals surface area (Å²) in [6.07, 6.45) is 3.45. The van der Waals surface area contributed by atoms with E-state index in [1.165, 1.54) is 11.3 Å². The lowest BCUT2D eigenvalue weighted by Gasteiger charge is -2.34. The van der Waals surface area contributed by atoms with Gasteiger partial charge in [-0.3, -0.25) is 4.79 Å². The van der Waals surface area contributed by atoms with Crippen molar-refractivity contribution in [2.45, 2.75) is 42.7 Å². The Labute approximate surface area is 111 Å². The molecule has 2 atom stereocenters. The third-order valence-electron chi connectivity index (χ3n) is 3.31. The van der Waals surface area contributed by atoms with Gasteiger partial charge >= 0.3 is 0 Å². The Morgan fingerprint density at radius 2 is 2.24 bits per heavy atom.